The molecule has 0 aliphatic rings. The number of nitriles is 2. The van der Waals surface area contributed by atoms with Crippen molar-refractivity contribution in [1.82, 2.24) is 0 Å². The lowest BCUT2D eigenvalue weighted by Crippen LogP contribution is -2.12. The topological polar surface area (TPSA) is 50.8 Å². The number of benzene rings is 2. The van der Waals surface area contributed by atoms with E-state index in [9.17, 15) is 4.39 Å². The Hall–Kier alpha value is -2.85. The fraction of sp³-hybridized carbons (Fsp3) is 0.0667. The summed E-state index contributed by atoms with van der Waals surface area (Å²) in [6.07, 6.45) is 0. The largest absolute Gasteiger partial charge is 0.341 e. The van der Waals surface area contributed by atoms with Gasteiger partial charge in [-0.1, -0.05) is 12.1 Å². The van der Waals surface area contributed by atoms with E-state index in [2.05, 4.69) is 6.07 Å². The highest BCUT2D eigenvalue weighted by Gasteiger charge is 2.13. The van der Waals surface area contributed by atoms with Crippen molar-refractivity contribution in [1.29, 1.82) is 10.5 Å². The lowest BCUT2D eigenvalue weighted by atomic mass is 10.1. The van der Waals surface area contributed by atoms with Crippen molar-refractivity contribution in [3.05, 3.63) is 59.4 Å². The van der Waals surface area contributed by atoms with Crippen LogP contribution >= 0.6 is 0 Å². The molecule has 0 aliphatic heterocycles. The van der Waals surface area contributed by atoms with Gasteiger partial charge in [-0.3, -0.25) is 0 Å². The molecule has 0 saturated carbocycles. The summed E-state index contributed by atoms with van der Waals surface area (Å²) in [6.45, 7) is 0. The maximum absolute atomic E-state index is 13.9. The van der Waals surface area contributed by atoms with Crippen molar-refractivity contribution >= 4 is 11.4 Å². The van der Waals surface area contributed by atoms with E-state index in [0.29, 0.717) is 16.9 Å². The number of anilines is 2. The Labute approximate surface area is 110 Å². The van der Waals surface area contributed by atoms with Gasteiger partial charge in [0.15, 0.2) is 0 Å². The van der Waals surface area contributed by atoms with Gasteiger partial charge in [-0.05, 0) is 30.3 Å². The first-order valence-corrected chi connectivity index (χ1v) is 5.60. The van der Waals surface area contributed by atoms with Crippen LogP contribution in [0.15, 0.2) is 42.5 Å². The minimum Gasteiger partial charge on any atom is -0.341 e. The molecule has 0 N–H and O–H groups in total. The summed E-state index contributed by atoms with van der Waals surface area (Å²) in [5, 5.41) is 17.8. The zero-order chi connectivity index (χ0) is 13.8. The quantitative estimate of drug-likeness (QED) is 0.822. The lowest BCUT2D eigenvalue weighted by Gasteiger charge is -2.21. The summed E-state index contributed by atoms with van der Waals surface area (Å²) in [6, 6.07) is 15.2. The van der Waals surface area contributed by atoms with Crippen LogP contribution in [0, 0.1) is 28.5 Å². The minimum atomic E-state index is -0.491. The zero-order valence-corrected chi connectivity index (χ0v) is 10.3. The van der Waals surface area contributed by atoms with E-state index in [0.717, 1.165) is 0 Å². The van der Waals surface area contributed by atoms with Crippen LogP contribution in [0.5, 0.6) is 0 Å². The number of hydrogen-bond acceptors (Lipinski definition) is 3. The highest BCUT2D eigenvalue weighted by Crippen LogP contribution is 2.29. The monoisotopic (exact) mass is 251 g/mol. The molecule has 3 nitrogen and oxygen atoms in total. The van der Waals surface area contributed by atoms with Crippen LogP contribution in [0.4, 0.5) is 15.8 Å². The molecule has 0 saturated heterocycles. The Bertz CT molecular complexity index is 695. The van der Waals surface area contributed by atoms with Crippen molar-refractivity contribution in [2.24, 2.45) is 0 Å². The second-order valence-electron chi connectivity index (χ2n) is 3.97. The molecule has 2 rings (SSSR count). The molecule has 0 heterocycles. The highest BCUT2D eigenvalue weighted by atomic mass is 19.1. The van der Waals surface area contributed by atoms with Crippen LogP contribution in [-0.4, -0.2) is 7.05 Å². The second-order valence-corrected chi connectivity index (χ2v) is 3.97. The Balaban J connectivity index is 2.48. The Morgan fingerprint density at radius 2 is 1.74 bits per heavy atom. The van der Waals surface area contributed by atoms with Crippen LogP contribution < -0.4 is 4.90 Å². The van der Waals surface area contributed by atoms with Crippen LogP contribution in [0.1, 0.15) is 11.1 Å². The lowest BCUT2D eigenvalue weighted by molar-refractivity contribution is 0.627. The third-order valence-corrected chi connectivity index (χ3v) is 2.82. The van der Waals surface area contributed by atoms with E-state index in [1.807, 2.05) is 6.07 Å². The van der Waals surface area contributed by atoms with Gasteiger partial charge in [0.05, 0.1) is 28.6 Å². The van der Waals surface area contributed by atoms with Crippen molar-refractivity contribution in [2.45, 2.75) is 0 Å². The molecule has 2 aromatic rings. The molecule has 0 atom stereocenters. The van der Waals surface area contributed by atoms with Gasteiger partial charge in [0, 0.05) is 7.05 Å². The standard InChI is InChI=1S/C15H10FN3/c1-19(14-5-3-2-4-12(14)10-18)15-7-6-11(9-17)8-13(15)16/h2-8H,1H3. The average molecular weight is 251 g/mol. The molecule has 4 heteroatoms. The predicted octanol–water partition coefficient (Wildman–Crippen LogP) is 3.34. The Morgan fingerprint density at radius 3 is 2.37 bits per heavy atom. The SMILES string of the molecule is CN(c1ccc(C#N)cc1F)c1ccccc1C#N. The maximum Gasteiger partial charge on any atom is 0.148 e. The van der Waals surface area contributed by atoms with E-state index in [1.54, 1.807) is 42.3 Å². The van der Waals surface area contributed by atoms with Gasteiger partial charge in [0.1, 0.15) is 11.9 Å². The highest BCUT2D eigenvalue weighted by molar-refractivity contribution is 5.69. The van der Waals surface area contributed by atoms with Crippen LogP contribution in [-0.2, 0) is 0 Å². The molecule has 92 valence electrons. The van der Waals surface area contributed by atoms with E-state index < -0.39 is 5.82 Å². The number of para-hydroxylation sites is 1. The van der Waals surface area contributed by atoms with Crippen LogP contribution in [0.3, 0.4) is 0 Å². The summed E-state index contributed by atoms with van der Waals surface area (Å²) >= 11 is 0. The molecule has 19 heavy (non-hydrogen) atoms. The van der Waals surface area contributed by atoms with Gasteiger partial charge in [0.2, 0.25) is 0 Å². The van der Waals surface area contributed by atoms with Crippen LogP contribution in [0.25, 0.3) is 0 Å². The fourth-order valence-electron chi connectivity index (χ4n) is 1.84. The molecule has 0 spiro atoms. The zero-order valence-electron chi connectivity index (χ0n) is 10.3. The Morgan fingerprint density at radius 1 is 1.00 bits per heavy atom. The van der Waals surface area contributed by atoms with Gasteiger partial charge in [-0.15, -0.1) is 0 Å². The van der Waals surface area contributed by atoms with E-state index in [1.165, 1.54) is 12.1 Å². The van der Waals surface area contributed by atoms with E-state index in [4.69, 9.17) is 10.5 Å². The summed E-state index contributed by atoms with van der Waals surface area (Å²) < 4.78 is 13.9. The summed E-state index contributed by atoms with van der Waals surface area (Å²) in [7, 11) is 1.68. The molecule has 0 fully saturated rings. The van der Waals surface area contributed by atoms with Gasteiger partial charge in [-0.25, -0.2) is 4.39 Å². The smallest absolute Gasteiger partial charge is 0.148 e. The maximum atomic E-state index is 13.9. The third-order valence-electron chi connectivity index (χ3n) is 2.82. The van der Waals surface area contributed by atoms with Crippen molar-refractivity contribution < 1.29 is 4.39 Å². The van der Waals surface area contributed by atoms with Crippen molar-refractivity contribution in [2.75, 3.05) is 11.9 Å². The molecule has 0 bridgehead atoms. The van der Waals surface area contributed by atoms with Gasteiger partial charge >= 0.3 is 0 Å². The van der Waals surface area contributed by atoms with Crippen molar-refractivity contribution in [3.8, 4) is 12.1 Å². The predicted molar refractivity (Wildman–Crippen MR) is 70.3 cm³/mol. The first-order valence-electron chi connectivity index (χ1n) is 5.60. The van der Waals surface area contributed by atoms with E-state index in [-0.39, 0.29) is 5.56 Å². The molecule has 0 aliphatic carbocycles. The minimum absolute atomic E-state index is 0.267. The second kappa shape index (κ2) is 5.20. The van der Waals surface area contributed by atoms with Crippen molar-refractivity contribution in [3.63, 3.8) is 0 Å². The molecule has 0 radical (unpaired) electrons. The van der Waals surface area contributed by atoms with Gasteiger partial charge in [-0.2, -0.15) is 10.5 Å². The van der Waals surface area contributed by atoms with Crippen LogP contribution in [0.2, 0.25) is 0 Å². The number of nitrogens with zero attached hydrogens (tertiary/aromatic N) is 3. The van der Waals surface area contributed by atoms with E-state index >= 15 is 0 Å². The average Bonchev–Trinajstić information content (AvgIpc) is 2.46. The summed E-state index contributed by atoms with van der Waals surface area (Å²) in [4.78, 5) is 1.59. The molecular weight excluding hydrogens is 241 g/mol. The molecule has 2 aromatic carbocycles. The first kappa shape index (κ1) is 12.6. The number of hydrogen-bond donors (Lipinski definition) is 0. The third kappa shape index (κ3) is 2.38. The summed E-state index contributed by atoms with van der Waals surface area (Å²) in [5.41, 5.74) is 1.67. The molecule has 0 aromatic heterocycles. The number of rotatable bonds is 2. The first-order chi connectivity index (χ1) is 9.17. The fourth-order valence-corrected chi connectivity index (χ4v) is 1.84. The molecular formula is C15H10FN3. The number of halogens is 1. The Kier molecular flexibility index (Phi) is 3.45. The molecule has 0 unspecified atom stereocenters. The molecule has 0 amide bonds. The normalized spacial score (nSPS) is 9.47. The summed E-state index contributed by atoms with van der Waals surface area (Å²) in [5.74, 6) is -0.491. The van der Waals surface area contributed by atoms with Gasteiger partial charge in [0.25, 0.3) is 0 Å². The van der Waals surface area contributed by atoms with Gasteiger partial charge < -0.3 is 4.90 Å².